The molecule has 0 unspecified atom stereocenters. The summed E-state index contributed by atoms with van der Waals surface area (Å²) in [6.45, 7) is 1.99. The SMILES string of the molecule is CCC[C@H]1C[C@@H]2C(=O)N(C(=O)OC)C(=O)[C@@H]2[C@@H]2C[C@@H](c3ccc(O)c4ccccc34)O[C@]12O. The highest BCUT2D eigenvalue weighted by molar-refractivity contribution is 6.15. The first-order valence-corrected chi connectivity index (χ1v) is 11.4. The number of hydrogen-bond donors (Lipinski definition) is 2. The molecular formula is C25H27NO7. The Balaban J connectivity index is 1.57. The van der Waals surface area contributed by atoms with Crippen LogP contribution >= 0.6 is 0 Å². The van der Waals surface area contributed by atoms with Gasteiger partial charge in [-0.3, -0.25) is 9.59 Å². The minimum atomic E-state index is -1.59. The molecule has 174 valence electrons. The number of carbonyl (C=O) groups is 3. The molecule has 1 saturated carbocycles. The second-order valence-corrected chi connectivity index (χ2v) is 9.26. The Kier molecular flexibility index (Phi) is 5.17. The van der Waals surface area contributed by atoms with Crippen LogP contribution in [0.4, 0.5) is 4.79 Å². The van der Waals surface area contributed by atoms with Crippen molar-refractivity contribution in [3.05, 3.63) is 42.0 Å². The Bertz CT molecular complexity index is 1150. The summed E-state index contributed by atoms with van der Waals surface area (Å²) in [6.07, 6.45) is 0.469. The Hall–Kier alpha value is -2.97. The van der Waals surface area contributed by atoms with Crippen LogP contribution < -0.4 is 0 Å². The lowest BCUT2D eigenvalue weighted by Crippen LogP contribution is -2.53. The van der Waals surface area contributed by atoms with Crippen molar-refractivity contribution >= 4 is 28.7 Å². The van der Waals surface area contributed by atoms with Crippen LogP contribution in [-0.4, -0.2) is 45.9 Å². The number of amides is 3. The van der Waals surface area contributed by atoms with E-state index in [1.165, 1.54) is 0 Å². The van der Waals surface area contributed by atoms with Gasteiger partial charge in [0, 0.05) is 17.2 Å². The average Bonchev–Trinajstić information content (AvgIpc) is 3.28. The zero-order valence-electron chi connectivity index (χ0n) is 18.6. The molecule has 2 aromatic carbocycles. The molecule has 8 nitrogen and oxygen atoms in total. The van der Waals surface area contributed by atoms with Gasteiger partial charge in [0.15, 0.2) is 5.79 Å². The molecule has 33 heavy (non-hydrogen) atoms. The molecule has 0 bridgehead atoms. The molecule has 0 aromatic heterocycles. The summed E-state index contributed by atoms with van der Waals surface area (Å²) in [5, 5.41) is 23.6. The fourth-order valence-electron chi connectivity index (χ4n) is 6.21. The maximum Gasteiger partial charge on any atom is 0.423 e. The van der Waals surface area contributed by atoms with Crippen LogP contribution in [0.3, 0.4) is 0 Å². The van der Waals surface area contributed by atoms with Gasteiger partial charge in [-0.2, -0.15) is 4.90 Å². The number of rotatable bonds is 3. The summed E-state index contributed by atoms with van der Waals surface area (Å²) in [6, 6.07) is 10.8. The fraction of sp³-hybridized carbons (Fsp3) is 0.480. The smallest absolute Gasteiger partial charge is 0.423 e. The van der Waals surface area contributed by atoms with Crippen LogP contribution in [0.2, 0.25) is 0 Å². The van der Waals surface area contributed by atoms with Gasteiger partial charge in [-0.25, -0.2) is 4.79 Å². The first-order chi connectivity index (χ1) is 15.8. The number of benzene rings is 2. The van der Waals surface area contributed by atoms with Crippen molar-refractivity contribution in [3.63, 3.8) is 0 Å². The quantitative estimate of drug-likeness (QED) is 0.684. The molecular weight excluding hydrogens is 426 g/mol. The molecule has 2 N–H and O–H groups in total. The van der Waals surface area contributed by atoms with Gasteiger partial charge in [0.2, 0.25) is 11.8 Å². The molecule has 0 radical (unpaired) electrons. The highest BCUT2D eigenvalue weighted by Crippen LogP contribution is 2.59. The molecule has 5 rings (SSSR count). The normalized spacial score (nSPS) is 33.3. The van der Waals surface area contributed by atoms with E-state index in [-0.39, 0.29) is 18.1 Å². The van der Waals surface area contributed by atoms with E-state index in [0.717, 1.165) is 24.5 Å². The van der Waals surface area contributed by atoms with Crippen molar-refractivity contribution in [2.45, 2.75) is 44.5 Å². The van der Waals surface area contributed by atoms with E-state index >= 15 is 0 Å². The van der Waals surface area contributed by atoms with Crippen LogP contribution in [0.15, 0.2) is 36.4 Å². The Morgan fingerprint density at radius 3 is 2.58 bits per heavy atom. The second-order valence-electron chi connectivity index (χ2n) is 9.26. The number of ether oxygens (including phenoxy) is 2. The summed E-state index contributed by atoms with van der Waals surface area (Å²) in [5.74, 6) is -5.15. The fourth-order valence-corrected chi connectivity index (χ4v) is 6.21. The molecule has 1 aliphatic carbocycles. The number of imide groups is 3. The predicted octanol–water partition coefficient (Wildman–Crippen LogP) is 3.50. The summed E-state index contributed by atoms with van der Waals surface area (Å²) in [4.78, 5) is 39.0. The third-order valence-corrected chi connectivity index (χ3v) is 7.64. The average molecular weight is 453 g/mol. The van der Waals surface area contributed by atoms with Crippen molar-refractivity contribution in [1.29, 1.82) is 0 Å². The van der Waals surface area contributed by atoms with Crippen LogP contribution in [0, 0.1) is 23.7 Å². The van der Waals surface area contributed by atoms with E-state index in [1.54, 1.807) is 12.1 Å². The van der Waals surface area contributed by atoms with Gasteiger partial charge in [0.25, 0.3) is 0 Å². The van der Waals surface area contributed by atoms with Crippen molar-refractivity contribution in [1.82, 2.24) is 4.90 Å². The molecule has 6 atom stereocenters. The molecule has 3 amide bonds. The summed E-state index contributed by atoms with van der Waals surface area (Å²) >= 11 is 0. The predicted molar refractivity (Wildman–Crippen MR) is 117 cm³/mol. The number of phenols is 1. The maximum absolute atomic E-state index is 13.2. The number of nitrogens with zero attached hydrogens (tertiary/aromatic N) is 1. The van der Waals surface area contributed by atoms with Gasteiger partial charge >= 0.3 is 6.09 Å². The molecule has 3 fully saturated rings. The number of likely N-dealkylation sites (tertiary alicyclic amines) is 1. The zero-order chi connectivity index (χ0) is 23.5. The number of aromatic hydroxyl groups is 1. The third kappa shape index (κ3) is 3.08. The summed E-state index contributed by atoms with van der Waals surface area (Å²) < 4.78 is 11.0. The Labute approximate surface area is 191 Å². The molecule has 2 heterocycles. The second kappa shape index (κ2) is 7.81. The number of carbonyl (C=O) groups excluding carboxylic acids is 3. The van der Waals surface area contributed by atoms with Crippen LogP contribution in [0.25, 0.3) is 10.8 Å². The minimum Gasteiger partial charge on any atom is -0.507 e. The van der Waals surface area contributed by atoms with E-state index in [2.05, 4.69) is 4.74 Å². The van der Waals surface area contributed by atoms with E-state index in [0.29, 0.717) is 23.1 Å². The largest absolute Gasteiger partial charge is 0.507 e. The van der Waals surface area contributed by atoms with Gasteiger partial charge in [-0.15, -0.1) is 0 Å². The maximum atomic E-state index is 13.2. The van der Waals surface area contributed by atoms with Crippen LogP contribution in [0.1, 0.15) is 44.3 Å². The van der Waals surface area contributed by atoms with Crippen molar-refractivity contribution in [2.75, 3.05) is 7.11 Å². The number of hydrogen-bond acceptors (Lipinski definition) is 7. The Morgan fingerprint density at radius 1 is 1.15 bits per heavy atom. The number of fused-ring (bicyclic) bond motifs is 4. The van der Waals surface area contributed by atoms with Crippen LogP contribution in [0.5, 0.6) is 5.75 Å². The zero-order valence-corrected chi connectivity index (χ0v) is 18.6. The summed E-state index contributed by atoms with van der Waals surface area (Å²) in [7, 11) is 1.13. The highest BCUT2D eigenvalue weighted by atomic mass is 16.6. The minimum absolute atomic E-state index is 0.151. The number of methoxy groups -OCH3 is 1. The topological polar surface area (TPSA) is 113 Å². The number of phenolic OH excluding ortho intramolecular Hbond substituents is 1. The van der Waals surface area contributed by atoms with Gasteiger partial charge in [0.1, 0.15) is 5.75 Å². The molecule has 2 saturated heterocycles. The molecule has 3 aliphatic rings. The van der Waals surface area contributed by atoms with Gasteiger partial charge < -0.3 is 19.7 Å². The molecule has 2 aliphatic heterocycles. The van der Waals surface area contributed by atoms with E-state index in [9.17, 15) is 24.6 Å². The van der Waals surface area contributed by atoms with Crippen molar-refractivity contribution in [3.8, 4) is 5.75 Å². The van der Waals surface area contributed by atoms with E-state index in [1.807, 2.05) is 31.2 Å². The standard InChI is InChI=1S/C25H27NO7/c1-3-6-13-11-17-21(23(29)26(22(17)28)24(30)32-2)18-12-20(33-25(13,18)31)16-9-10-19(27)15-8-5-4-7-14(15)16/h4-5,7-10,13,17-18,20-21,27,31H,3,6,11-12H2,1-2H3/t13-,17-,18-,20-,21-,25+/m0/s1. The Morgan fingerprint density at radius 2 is 1.88 bits per heavy atom. The monoisotopic (exact) mass is 453 g/mol. The van der Waals surface area contributed by atoms with Gasteiger partial charge in [-0.1, -0.05) is 43.7 Å². The lowest BCUT2D eigenvalue weighted by atomic mass is 9.63. The van der Waals surface area contributed by atoms with Crippen molar-refractivity contribution in [2.24, 2.45) is 23.7 Å². The van der Waals surface area contributed by atoms with Gasteiger partial charge in [0.05, 0.1) is 25.0 Å². The molecule has 2 aromatic rings. The summed E-state index contributed by atoms with van der Waals surface area (Å²) in [5.41, 5.74) is 0.805. The molecule has 8 heteroatoms. The first-order valence-electron chi connectivity index (χ1n) is 11.4. The first kappa shape index (κ1) is 21.9. The van der Waals surface area contributed by atoms with Crippen LogP contribution in [-0.2, 0) is 19.1 Å². The highest BCUT2D eigenvalue weighted by Gasteiger charge is 2.67. The van der Waals surface area contributed by atoms with E-state index < -0.39 is 47.6 Å². The third-order valence-electron chi connectivity index (χ3n) is 7.64. The van der Waals surface area contributed by atoms with Crippen molar-refractivity contribution < 1.29 is 34.1 Å². The number of aliphatic hydroxyl groups is 1. The molecule has 0 spiro atoms. The van der Waals surface area contributed by atoms with E-state index in [4.69, 9.17) is 4.74 Å². The lowest BCUT2D eigenvalue weighted by molar-refractivity contribution is -0.270. The van der Waals surface area contributed by atoms with Gasteiger partial charge in [-0.05, 0) is 36.3 Å². The lowest BCUT2D eigenvalue weighted by Gasteiger charge is -2.44.